The highest BCUT2D eigenvalue weighted by atomic mass is 16.7. The maximum absolute atomic E-state index is 11.7. The number of rotatable bonds is 4. The zero-order chi connectivity index (χ0) is 15.1. The topological polar surface area (TPSA) is 75.6 Å². The molecule has 0 saturated heterocycles. The Hall–Kier alpha value is -2.66. The summed E-state index contributed by atoms with van der Waals surface area (Å²) in [7, 11) is 0. The van der Waals surface area contributed by atoms with E-state index < -0.39 is 18.0 Å². The highest BCUT2D eigenvalue weighted by Crippen LogP contribution is 2.04. The first-order valence-electron chi connectivity index (χ1n) is 6.45. The third-order valence-corrected chi connectivity index (χ3v) is 2.82. The SMILES string of the molecule is O=C(NOC(=O)C(O)Cc1ccccc1)c1ccccc1. The lowest BCUT2D eigenvalue weighted by Gasteiger charge is -2.10. The predicted octanol–water partition coefficient (Wildman–Crippen LogP) is 1.48. The van der Waals surface area contributed by atoms with E-state index >= 15 is 0 Å². The van der Waals surface area contributed by atoms with E-state index in [1.54, 1.807) is 42.5 Å². The van der Waals surface area contributed by atoms with Crippen molar-refractivity contribution in [2.24, 2.45) is 0 Å². The second-order valence-corrected chi connectivity index (χ2v) is 4.42. The van der Waals surface area contributed by atoms with Crippen LogP contribution in [0.4, 0.5) is 0 Å². The van der Waals surface area contributed by atoms with Gasteiger partial charge in [-0.25, -0.2) is 4.79 Å². The van der Waals surface area contributed by atoms with Gasteiger partial charge in [0.1, 0.15) is 0 Å². The first-order chi connectivity index (χ1) is 10.2. The van der Waals surface area contributed by atoms with Crippen LogP contribution in [0, 0.1) is 0 Å². The highest BCUT2D eigenvalue weighted by molar-refractivity contribution is 5.94. The molecule has 2 aromatic rings. The summed E-state index contributed by atoms with van der Waals surface area (Å²) in [6.07, 6.45) is -1.20. The average Bonchev–Trinajstić information content (AvgIpc) is 2.54. The van der Waals surface area contributed by atoms with Crippen molar-refractivity contribution in [1.29, 1.82) is 0 Å². The van der Waals surface area contributed by atoms with Gasteiger partial charge in [-0.05, 0) is 17.7 Å². The number of carbonyl (C=O) groups is 2. The maximum Gasteiger partial charge on any atom is 0.360 e. The number of aliphatic hydroxyl groups excluding tert-OH is 1. The Morgan fingerprint density at radius 1 is 1.00 bits per heavy atom. The molecule has 0 heterocycles. The minimum Gasteiger partial charge on any atom is -0.381 e. The third-order valence-electron chi connectivity index (χ3n) is 2.82. The predicted molar refractivity (Wildman–Crippen MR) is 76.2 cm³/mol. The van der Waals surface area contributed by atoms with E-state index in [9.17, 15) is 14.7 Å². The van der Waals surface area contributed by atoms with Crippen LogP contribution in [0.2, 0.25) is 0 Å². The molecule has 0 aliphatic heterocycles. The fourth-order valence-electron chi connectivity index (χ4n) is 1.73. The minimum absolute atomic E-state index is 0.126. The molecule has 21 heavy (non-hydrogen) atoms. The zero-order valence-electron chi connectivity index (χ0n) is 11.2. The molecule has 0 spiro atoms. The summed E-state index contributed by atoms with van der Waals surface area (Å²) in [5.74, 6) is -1.45. The number of carbonyl (C=O) groups excluding carboxylic acids is 2. The van der Waals surface area contributed by atoms with Crippen LogP contribution in [0.3, 0.4) is 0 Å². The quantitative estimate of drug-likeness (QED) is 0.834. The van der Waals surface area contributed by atoms with E-state index in [1.165, 1.54) is 0 Å². The molecule has 1 amide bonds. The summed E-state index contributed by atoms with van der Waals surface area (Å²) < 4.78 is 0. The largest absolute Gasteiger partial charge is 0.381 e. The van der Waals surface area contributed by atoms with Crippen LogP contribution in [0.15, 0.2) is 60.7 Å². The summed E-state index contributed by atoms with van der Waals surface area (Å²) in [4.78, 5) is 27.9. The lowest BCUT2D eigenvalue weighted by molar-refractivity contribution is -0.158. The van der Waals surface area contributed by atoms with Crippen LogP contribution in [-0.2, 0) is 16.1 Å². The molecule has 0 radical (unpaired) electrons. The molecule has 5 nitrogen and oxygen atoms in total. The molecule has 5 heteroatoms. The molecule has 0 fully saturated rings. The first kappa shape index (κ1) is 14.7. The molecule has 0 bridgehead atoms. The van der Waals surface area contributed by atoms with E-state index in [-0.39, 0.29) is 6.42 Å². The van der Waals surface area contributed by atoms with Gasteiger partial charge in [-0.1, -0.05) is 48.5 Å². The summed E-state index contributed by atoms with van der Waals surface area (Å²) >= 11 is 0. The van der Waals surface area contributed by atoms with Crippen molar-refractivity contribution in [3.8, 4) is 0 Å². The number of nitrogens with one attached hydrogen (secondary N) is 1. The Morgan fingerprint density at radius 2 is 1.57 bits per heavy atom. The van der Waals surface area contributed by atoms with Crippen LogP contribution < -0.4 is 5.48 Å². The lowest BCUT2D eigenvalue weighted by atomic mass is 10.1. The minimum atomic E-state index is -1.33. The molecule has 108 valence electrons. The smallest absolute Gasteiger partial charge is 0.360 e. The van der Waals surface area contributed by atoms with Crippen molar-refractivity contribution in [3.63, 3.8) is 0 Å². The standard InChI is InChI=1S/C16H15NO4/c18-14(11-12-7-3-1-4-8-12)16(20)21-17-15(19)13-9-5-2-6-10-13/h1-10,14,18H,11H2,(H,17,19). The van der Waals surface area contributed by atoms with Gasteiger partial charge < -0.3 is 9.94 Å². The number of hydroxylamine groups is 1. The summed E-state index contributed by atoms with van der Waals surface area (Å²) in [6, 6.07) is 17.4. The molecule has 2 aromatic carbocycles. The zero-order valence-corrected chi connectivity index (χ0v) is 11.2. The molecule has 2 N–H and O–H groups in total. The van der Waals surface area contributed by atoms with Crippen molar-refractivity contribution >= 4 is 11.9 Å². The van der Waals surface area contributed by atoms with E-state index in [4.69, 9.17) is 0 Å². The van der Waals surface area contributed by atoms with Crippen molar-refractivity contribution in [3.05, 3.63) is 71.8 Å². The lowest BCUT2D eigenvalue weighted by Crippen LogP contribution is -2.34. The van der Waals surface area contributed by atoms with Crippen LogP contribution >= 0.6 is 0 Å². The monoisotopic (exact) mass is 285 g/mol. The number of hydrogen-bond acceptors (Lipinski definition) is 4. The molecule has 0 aromatic heterocycles. The fraction of sp³-hybridized carbons (Fsp3) is 0.125. The molecule has 0 aliphatic carbocycles. The normalized spacial score (nSPS) is 11.5. The van der Waals surface area contributed by atoms with Gasteiger partial charge in [0.05, 0.1) is 0 Å². The Balaban J connectivity index is 1.83. The number of hydrogen-bond donors (Lipinski definition) is 2. The first-order valence-corrected chi connectivity index (χ1v) is 6.45. The van der Waals surface area contributed by atoms with Gasteiger partial charge in [0.15, 0.2) is 6.10 Å². The third kappa shape index (κ3) is 4.43. The number of aliphatic hydroxyl groups is 1. The highest BCUT2D eigenvalue weighted by Gasteiger charge is 2.19. The van der Waals surface area contributed by atoms with Gasteiger partial charge in [0.25, 0.3) is 5.91 Å². The molecule has 0 aliphatic rings. The number of amides is 1. The van der Waals surface area contributed by atoms with Crippen molar-refractivity contribution in [2.45, 2.75) is 12.5 Å². The van der Waals surface area contributed by atoms with Crippen LogP contribution in [0.1, 0.15) is 15.9 Å². The second kappa shape index (κ2) is 7.21. The fourth-order valence-corrected chi connectivity index (χ4v) is 1.73. The summed E-state index contributed by atoms with van der Waals surface area (Å²) in [6.45, 7) is 0. The summed E-state index contributed by atoms with van der Waals surface area (Å²) in [5, 5.41) is 9.73. The van der Waals surface area contributed by atoms with E-state index in [1.807, 2.05) is 23.7 Å². The molecular weight excluding hydrogens is 270 g/mol. The van der Waals surface area contributed by atoms with Gasteiger partial charge in [-0.2, -0.15) is 5.48 Å². The van der Waals surface area contributed by atoms with Crippen LogP contribution in [0.25, 0.3) is 0 Å². The Morgan fingerprint density at radius 3 is 2.19 bits per heavy atom. The van der Waals surface area contributed by atoms with Crippen LogP contribution in [-0.4, -0.2) is 23.1 Å². The molecular formula is C16H15NO4. The van der Waals surface area contributed by atoms with Crippen LogP contribution in [0.5, 0.6) is 0 Å². The molecule has 2 rings (SSSR count). The molecule has 1 unspecified atom stereocenters. The van der Waals surface area contributed by atoms with E-state index in [0.717, 1.165) is 5.56 Å². The average molecular weight is 285 g/mol. The van der Waals surface area contributed by atoms with Crippen molar-refractivity contribution in [2.75, 3.05) is 0 Å². The van der Waals surface area contributed by atoms with E-state index in [0.29, 0.717) is 5.56 Å². The van der Waals surface area contributed by atoms with Gasteiger partial charge in [-0.15, -0.1) is 0 Å². The molecule has 1 atom stereocenters. The van der Waals surface area contributed by atoms with Gasteiger partial charge in [-0.3, -0.25) is 4.79 Å². The van der Waals surface area contributed by atoms with Gasteiger partial charge in [0.2, 0.25) is 0 Å². The molecule has 0 saturated carbocycles. The Kier molecular flexibility index (Phi) is 5.06. The maximum atomic E-state index is 11.7. The Bertz CT molecular complexity index is 598. The summed E-state index contributed by atoms with van der Waals surface area (Å²) in [5.41, 5.74) is 3.18. The van der Waals surface area contributed by atoms with Gasteiger partial charge in [0, 0.05) is 12.0 Å². The van der Waals surface area contributed by atoms with E-state index in [2.05, 4.69) is 4.84 Å². The van der Waals surface area contributed by atoms with Crippen molar-refractivity contribution < 1.29 is 19.5 Å². The second-order valence-electron chi connectivity index (χ2n) is 4.42. The number of benzene rings is 2. The van der Waals surface area contributed by atoms with Crippen molar-refractivity contribution in [1.82, 2.24) is 5.48 Å². The van der Waals surface area contributed by atoms with Gasteiger partial charge >= 0.3 is 5.97 Å². The Labute approximate surface area is 122 Å².